The molecule has 3 aromatic rings. The summed E-state index contributed by atoms with van der Waals surface area (Å²) in [4.78, 5) is 0. The quantitative estimate of drug-likeness (QED) is 0.316. The van der Waals surface area contributed by atoms with Gasteiger partial charge in [0.15, 0.2) is 0 Å². The standard InChI is InChI=1S/C24H32N2O3/c25-10-4-12-27-14-16-29-17-15-28-13-5-11-26-24-9-3-8-22-18-20-6-1-2-7-21(20)19-23(22)24/h1-3,6-9,18-19,26H,4-5,10-17,25H2. The van der Waals surface area contributed by atoms with Crippen molar-refractivity contribution in [1.29, 1.82) is 0 Å². The second kappa shape index (κ2) is 12.4. The van der Waals surface area contributed by atoms with Crippen molar-refractivity contribution in [2.75, 3.05) is 58.0 Å². The maximum Gasteiger partial charge on any atom is 0.0701 e. The molecule has 0 amide bonds. The Kier molecular flexibility index (Phi) is 9.20. The van der Waals surface area contributed by atoms with Crippen LogP contribution in [0, 0.1) is 0 Å². The third-order valence-corrected chi connectivity index (χ3v) is 4.76. The summed E-state index contributed by atoms with van der Waals surface area (Å²) in [6, 6.07) is 19.4. The second-order valence-corrected chi connectivity index (χ2v) is 6.99. The summed E-state index contributed by atoms with van der Waals surface area (Å²) in [6.07, 6.45) is 1.85. The number of nitrogens with two attached hydrogens (primary N) is 1. The lowest BCUT2D eigenvalue weighted by Crippen LogP contribution is -2.12. The fourth-order valence-electron chi connectivity index (χ4n) is 3.25. The van der Waals surface area contributed by atoms with Gasteiger partial charge < -0.3 is 25.3 Å². The normalized spacial score (nSPS) is 11.3. The SMILES string of the molecule is NCCCOCCOCCOCCCNc1cccc2cc3ccccc3cc12. The Morgan fingerprint density at radius 2 is 1.28 bits per heavy atom. The van der Waals surface area contributed by atoms with Crippen LogP contribution < -0.4 is 11.1 Å². The zero-order valence-corrected chi connectivity index (χ0v) is 17.1. The molecular weight excluding hydrogens is 364 g/mol. The van der Waals surface area contributed by atoms with E-state index in [-0.39, 0.29) is 0 Å². The van der Waals surface area contributed by atoms with E-state index in [9.17, 15) is 0 Å². The number of rotatable bonds is 14. The number of hydrogen-bond acceptors (Lipinski definition) is 5. The van der Waals surface area contributed by atoms with Crippen molar-refractivity contribution >= 4 is 27.2 Å². The van der Waals surface area contributed by atoms with Gasteiger partial charge >= 0.3 is 0 Å². The Hall–Kier alpha value is -2.18. The van der Waals surface area contributed by atoms with Crippen molar-refractivity contribution < 1.29 is 14.2 Å². The third-order valence-electron chi connectivity index (χ3n) is 4.76. The number of benzene rings is 3. The molecule has 5 heteroatoms. The summed E-state index contributed by atoms with van der Waals surface area (Å²) in [5, 5.41) is 8.61. The highest BCUT2D eigenvalue weighted by Crippen LogP contribution is 2.28. The summed E-state index contributed by atoms with van der Waals surface area (Å²) in [7, 11) is 0. The average Bonchev–Trinajstić information content (AvgIpc) is 2.75. The van der Waals surface area contributed by atoms with Gasteiger partial charge in [0.25, 0.3) is 0 Å². The third kappa shape index (κ3) is 6.98. The van der Waals surface area contributed by atoms with Crippen LogP contribution in [0.1, 0.15) is 12.8 Å². The lowest BCUT2D eigenvalue weighted by atomic mass is 10.0. The first-order chi connectivity index (χ1) is 14.4. The van der Waals surface area contributed by atoms with E-state index in [0.29, 0.717) is 39.6 Å². The highest BCUT2D eigenvalue weighted by Gasteiger charge is 2.03. The largest absolute Gasteiger partial charge is 0.384 e. The molecule has 0 unspecified atom stereocenters. The number of anilines is 1. The van der Waals surface area contributed by atoms with Crippen LogP contribution in [-0.2, 0) is 14.2 Å². The van der Waals surface area contributed by atoms with Crippen LogP contribution in [0.25, 0.3) is 21.5 Å². The summed E-state index contributed by atoms with van der Waals surface area (Å²) in [5.41, 5.74) is 6.58. The van der Waals surface area contributed by atoms with Gasteiger partial charge in [-0.2, -0.15) is 0 Å². The van der Waals surface area contributed by atoms with Crippen LogP contribution in [0.3, 0.4) is 0 Å². The van der Waals surface area contributed by atoms with E-state index in [1.807, 2.05) is 0 Å². The molecule has 0 aliphatic heterocycles. The highest BCUT2D eigenvalue weighted by molar-refractivity contribution is 6.03. The van der Waals surface area contributed by atoms with Crippen molar-refractivity contribution in [2.24, 2.45) is 5.73 Å². The molecule has 0 spiro atoms. The molecule has 0 aromatic heterocycles. The summed E-state index contributed by atoms with van der Waals surface area (Å²) in [6.45, 7) is 5.40. The number of nitrogens with one attached hydrogen (secondary N) is 1. The van der Waals surface area contributed by atoms with Gasteiger partial charge in [0, 0.05) is 30.8 Å². The summed E-state index contributed by atoms with van der Waals surface area (Å²) < 4.78 is 16.5. The van der Waals surface area contributed by atoms with Crippen LogP contribution >= 0.6 is 0 Å². The van der Waals surface area contributed by atoms with Crippen LogP contribution in [0.4, 0.5) is 5.69 Å². The van der Waals surface area contributed by atoms with Crippen LogP contribution in [-0.4, -0.2) is 52.7 Å². The summed E-state index contributed by atoms with van der Waals surface area (Å²) in [5.74, 6) is 0. The van der Waals surface area contributed by atoms with Crippen molar-refractivity contribution in [1.82, 2.24) is 0 Å². The fraction of sp³-hybridized carbons (Fsp3) is 0.417. The van der Waals surface area contributed by atoms with E-state index < -0.39 is 0 Å². The van der Waals surface area contributed by atoms with Gasteiger partial charge in [-0.25, -0.2) is 0 Å². The van der Waals surface area contributed by atoms with Crippen molar-refractivity contribution in [3.8, 4) is 0 Å². The van der Waals surface area contributed by atoms with E-state index in [1.54, 1.807) is 0 Å². The van der Waals surface area contributed by atoms with Gasteiger partial charge in [0.2, 0.25) is 0 Å². The van der Waals surface area contributed by atoms with Crippen LogP contribution in [0.5, 0.6) is 0 Å². The molecule has 0 radical (unpaired) electrons. The topological polar surface area (TPSA) is 65.7 Å². The predicted molar refractivity (Wildman–Crippen MR) is 121 cm³/mol. The first kappa shape index (κ1) is 21.5. The van der Waals surface area contributed by atoms with Gasteiger partial charge in [-0.1, -0.05) is 36.4 Å². The maximum atomic E-state index is 5.64. The average molecular weight is 397 g/mol. The first-order valence-corrected chi connectivity index (χ1v) is 10.5. The van der Waals surface area contributed by atoms with E-state index in [0.717, 1.165) is 26.0 Å². The molecule has 5 nitrogen and oxygen atoms in total. The number of ether oxygens (including phenoxy) is 3. The molecule has 3 N–H and O–H groups in total. The maximum absolute atomic E-state index is 5.64. The molecule has 3 aromatic carbocycles. The zero-order chi connectivity index (χ0) is 20.2. The summed E-state index contributed by atoms with van der Waals surface area (Å²) >= 11 is 0. The molecule has 0 heterocycles. The first-order valence-electron chi connectivity index (χ1n) is 10.5. The minimum absolute atomic E-state index is 0.601. The fourth-order valence-corrected chi connectivity index (χ4v) is 3.25. The highest BCUT2D eigenvalue weighted by atomic mass is 16.5. The molecule has 156 valence electrons. The van der Waals surface area contributed by atoms with Crippen LogP contribution in [0.15, 0.2) is 54.6 Å². The predicted octanol–water partition coefficient (Wildman–Crippen LogP) is 4.19. The van der Waals surface area contributed by atoms with Crippen LogP contribution in [0.2, 0.25) is 0 Å². The molecule has 0 aliphatic rings. The van der Waals surface area contributed by atoms with Gasteiger partial charge in [0.05, 0.1) is 26.4 Å². The van der Waals surface area contributed by atoms with E-state index in [4.69, 9.17) is 19.9 Å². The lowest BCUT2D eigenvalue weighted by Gasteiger charge is -2.11. The Bertz CT molecular complexity index is 869. The minimum atomic E-state index is 0.601. The molecule has 0 fully saturated rings. The van der Waals surface area contributed by atoms with Crippen molar-refractivity contribution in [2.45, 2.75) is 12.8 Å². The van der Waals surface area contributed by atoms with E-state index in [1.165, 1.54) is 27.2 Å². The van der Waals surface area contributed by atoms with Gasteiger partial charge in [-0.15, -0.1) is 0 Å². The Morgan fingerprint density at radius 3 is 2.00 bits per heavy atom. The van der Waals surface area contributed by atoms with Gasteiger partial charge in [-0.3, -0.25) is 0 Å². The van der Waals surface area contributed by atoms with Crippen molar-refractivity contribution in [3.05, 3.63) is 54.6 Å². The van der Waals surface area contributed by atoms with E-state index in [2.05, 4.69) is 59.9 Å². The molecule has 0 saturated heterocycles. The molecule has 0 bridgehead atoms. The lowest BCUT2D eigenvalue weighted by molar-refractivity contribution is 0.0144. The molecule has 0 atom stereocenters. The Balaban J connectivity index is 1.32. The Morgan fingerprint density at radius 1 is 0.655 bits per heavy atom. The molecule has 3 rings (SSSR count). The van der Waals surface area contributed by atoms with Crippen molar-refractivity contribution in [3.63, 3.8) is 0 Å². The smallest absolute Gasteiger partial charge is 0.0701 e. The van der Waals surface area contributed by atoms with E-state index >= 15 is 0 Å². The molecule has 0 saturated carbocycles. The Labute approximate surface area is 173 Å². The minimum Gasteiger partial charge on any atom is -0.384 e. The zero-order valence-electron chi connectivity index (χ0n) is 17.1. The van der Waals surface area contributed by atoms with Gasteiger partial charge in [0.1, 0.15) is 0 Å². The number of fused-ring (bicyclic) bond motifs is 2. The number of hydrogen-bond donors (Lipinski definition) is 2. The molecule has 29 heavy (non-hydrogen) atoms. The molecular formula is C24H32N2O3. The van der Waals surface area contributed by atoms with Gasteiger partial charge in [-0.05, 0) is 53.7 Å². The second-order valence-electron chi connectivity index (χ2n) is 6.99. The molecule has 0 aliphatic carbocycles. The monoisotopic (exact) mass is 396 g/mol.